The molecule has 3 aromatic rings. The minimum Gasteiger partial charge on any atom is -0.432 e. The lowest BCUT2D eigenvalue weighted by Gasteiger charge is -2.36. The monoisotopic (exact) mass is 537 g/mol. The summed E-state index contributed by atoms with van der Waals surface area (Å²) in [6, 6.07) is 30.6. The van der Waals surface area contributed by atoms with Crippen molar-refractivity contribution >= 4 is 39.6 Å². The van der Waals surface area contributed by atoms with Gasteiger partial charge in [-0.2, -0.15) is 0 Å². The molecule has 0 bridgehead atoms. The van der Waals surface area contributed by atoms with Crippen molar-refractivity contribution in [1.82, 2.24) is 5.06 Å². The molecular weight excluding hydrogens is 510 g/mol. The standard InChI is InChI=1S/C28H27NO6S2/c30-25-16-17-26(31)29(25)35-27(32)33-18-20-36-37-21-19-34-28(22-10-4-1-5-11-22,23-12-6-2-7-13-23)24-14-8-3-9-15-24/h1-15H,16-21H2. The largest absolute Gasteiger partial charge is 0.533 e. The van der Waals surface area contributed by atoms with Gasteiger partial charge in [-0.25, -0.2) is 4.79 Å². The van der Waals surface area contributed by atoms with Gasteiger partial charge in [-0.05, 0) is 16.7 Å². The molecule has 7 nitrogen and oxygen atoms in total. The second-order valence-corrected chi connectivity index (χ2v) is 10.7. The van der Waals surface area contributed by atoms with E-state index in [1.165, 1.54) is 10.8 Å². The Bertz CT molecular complexity index is 1060. The van der Waals surface area contributed by atoms with Gasteiger partial charge in [0.25, 0.3) is 11.8 Å². The maximum absolute atomic E-state index is 11.7. The van der Waals surface area contributed by atoms with Crippen molar-refractivity contribution in [3.05, 3.63) is 108 Å². The zero-order chi connectivity index (χ0) is 25.9. The molecule has 0 aliphatic carbocycles. The molecule has 1 aliphatic heterocycles. The van der Waals surface area contributed by atoms with Crippen LogP contribution in [-0.4, -0.2) is 47.8 Å². The van der Waals surface area contributed by atoms with Crippen molar-refractivity contribution in [2.45, 2.75) is 18.4 Å². The number of hydroxylamine groups is 2. The molecule has 0 N–H and O–H groups in total. The molecule has 0 radical (unpaired) electrons. The molecule has 37 heavy (non-hydrogen) atoms. The first-order chi connectivity index (χ1) is 18.1. The molecule has 1 saturated heterocycles. The average Bonchev–Trinajstić information content (AvgIpc) is 3.26. The number of benzene rings is 3. The summed E-state index contributed by atoms with van der Waals surface area (Å²) in [7, 11) is 3.14. The first kappa shape index (κ1) is 26.8. The predicted octanol–water partition coefficient (Wildman–Crippen LogP) is 5.59. The third kappa shape index (κ3) is 6.74. The Morgan fingerprint density at radius 1 is 0.703 bits per heavy atom. The minimum atomic E-state index is -1.06. The summed E-state index contributed by atoms with van der Waals surface area (Å²) in [6.07, 6.45) is -0.974. The van der Waals surface area contributed by atoms with Crippen LogP contribution < -0.4 is 0 Å². The number of imide groups is 1. The van der Waals surface area contributed by atoms with E-state index in [9.17, 15) is 14.4 Å². The van der Waals surface area contributed by atoms with Crippen molar-refractivity contribution in [1.29, 1.82) is 0 Å². The van der Waals surface area contributed by atoms with Crippen molar-refractivity contribution in [2.24, 2.45) is 0 Å². The molecule has 3 aromatic carbocycles. The van der Waals surface area contributed by atoms with Crippen LogP contribution in [0.1, 0.15) is 29.5 Å². The Morgan fingerprint density at radius 3 is 1.59 bits per heavy atom. The summed E-state index contributed by atoms with van der Waals surface area (Å²) in [4.78, 5) is 39.4. The Morgan fingerprint density at radius 2 is 1.14 bits per heavy atom. The molecule has 9 heteroatoms. The Balaban J connectivity index is 1.30. The highest BCUT2D eigenvalue weighted by molar-refractivity contribution is 8.76. The van der Waals surface area contributed by atoms with Crippen molar-refractivity contribution in [3.8, 4) is 0 Å². The zero-order valence-corrected chi connectivity index (χ0v) is 21.7. The number of rotatable bonds is 12. The lowest BCUT2D eigenvalue weighted by molar-refractivity contribution is -0.176. The van der Waals surface area contributed by atoms with Crippen molar-refractivity contribution in [2.75, 3.05) is 24.7 Å². The fraction of sp³-hybridized carbons (Fsp3) is 0.250. The minimum absolute atomic E-state index is 0.0424. The molecule has 0 saturated carbocycles. The van der Waals surface area contributed by atoms with Crippen LogP contribution in [0, 0.1) is 0 Å². The van der Waals surface area contributed by atoms with E-state index in [1.54, 1.807) is 10.8 Å². The molecule has 0 spiro atoms. The van der Waals surface area contributed by atoms with Gasteiger partial charge >= 0.3 is 6.16 Å². The summed E-state index contributed by atoms with van der Waals surface area (Å²) < 4.78 is 11.7. The van der Waals surface area contributed by atoms with E-state index in [0.717, 1.165) is 16.7 Å². The molecule has 192 valence electrons. The summed E-state index contributed by atoms with van der Waals surface area (Å²) in [5.41, 5.74) is 2.39. The van der Waals surface area contributed by atoms with Crippen molar-refractivity contribution in [3.63, 3.8) is 0 Å². The average molecular weight is 538 g/mol. The predicted molar refractivity (Wildman–Crippen MR) is 144 cm³/mol. The summed E-state index contributed by atoms with van der Waals surface area (Å²) in [5, 5.41) is 0.472. The first-order valence-electron chi connectivity index (χ1n) is 11.9. The van der Waals surface area contributed by atoms with E-state index in [1.807, 2.05) is 54.6 Å². The van der Waals surface area contributed by atoms with E-state index in [-0.39, 0.29) is 19.4 Å². The van der Waals surface area contributed by atoms with E-state index in [4.69, 9.17) is 9.47 Å². The highest BCUT2D eigenvalue weighted by Crippen LogP contribution is 2.40. The number of nitrogens with zero attached hydrogens (tertiary/aromatic N) is 1. The van der Waals surface area contributed by atoms with Crippen LogP contribution in [-0.2, 0) is 29.5 Å². The van der Waals surface area contributed by atoms with E-state index < -0.39 is 23.6 Å². The third-order valence-corrected chi connectivity index (χ3v) is 8.00. The van der Waals surface area contributed by atoms with Gasteiger partial charge in [-0.3, -0.25) is 14.4 Å². The maximum atomic E-state index is 11.7. The fourth-order valence-corrected chi connectivity index (χ4v) is 5.69. The fourth-order valence-electron chi connectivity index (χ4n) is 4.03. The van der Waals surface area contributed by atoms with Gasteiger partial charge in [0.15, 0.2) is 0 Å². The van der Waals surface area contributed by atoms with Crippen LogP contribution in [0.3, 0.4) is 0 Å². The van der Waals surface area contributed by atoms with Crippen molar-refractivity contribution < 1.29 is 28.7 Å². The third-order valence-electron chi connectivity index (χ3n) is 5.67. The number of hydrogen-bond donors (Lipinski definition) is 0. The molecule has 4 rings (SSSR count). The second kappa shape index (κ2) is 13.3. The number of ether oxygens (including phenoxy) is 2. The highest BCUT2D eigenvalue weighted by Gasteiger charge is 2.37. The van der Waals surface area contributed by atoms with Crippen LogP contribution in [0.25, 0.3) is 0 Å². The van der Waals surface area contributed by atoms with Gasteiger partial charge in [-0.1, -0.05) is 118 Å². The Labute approximate surface area is 223 Å². The van der Waals surface area contributed by atoms with Gasteiger partial charge < -0.3 is 9.47 Å². The zero-order valence-electron chi connectivity index (χ0n) is 20.1. The highest BCUT2D eigenvalue weighted by atomic mass is 33.1. The van der Waals surface area contributed by atoms with E-state index >= 15 is 0 Å². The Kier molecular flexibility index (Phi) is 9.65. The quantitative estimate of drug-likeness (QED) is 0.0972. The SMILES string of the molecule is O=C(OCCSSCCOC(c1ccccc1)(c1ccccc1)c1ccccc1)ON1C(=O)CCC1=O. The number of carbonyl (C=O) groups is 3. The number of hydrogen-bond acceptors (Lipinski definition) is 8. The van der Waals surface area contributed by atoms with Gasteiger partial charge in [-0.15, -0.1) is 0 Å². The maximum Gasteiger partial charge on any atom is 0.533 e. The Hall–Kier alpha value is -3.27. The van der Waals surface area contributed by atoms with Crippen LogP contribution in [0.5, 0.6) is 0 Å². The smallest absolute Gasteiger partial charge is 0.432 e. The lowest BCUT2D eigenvalue weighted by atomic mass is 9.80. The van der Waals surface area contributed by atoms with Crippen LogP contribution in [0.4, 0.5) is 4.79 Å². The first-order valence-corrected chi connectivity index (χ1v) is 14.4. The van der Waals surface area contributed by atoms with Gasteiger partial charge in [0.05, 0.1) is 6.61 Å². The normalized spacial score (nSPS) is 13.6. The van der Waals surface area contributed by atoms with Crippen LogP contribution in [0.2, 0.25) is 0 Å². The molecule has 1 heterocycles. The van der Waals surface area contributed by atoms with E-state index in [0.29, 0.717) is 23.2 Å². The van der Waals surface area contributed by atoms with Crippen LogP contribution >= 0.6 is 21.6 Å². The summed E-state index contributed by atoms with van der Waals surface area (Å²) in [5.74, 6) is 0.150. The molecule has 2 amide bonds. The molecular formula is C28H27NO6S2. The summed E-state index contributed by atoms with van der Waals surface area (Å²) in [6.45, 7) is 0.577. The van der Waals surface area contributed by atoms with Gasteiger partial charge in [0.2, 0.25) is 0 Å². The van der Waals surface area contributed by atoms with Crippen LogP contribution in [0.15, 0.2) is 91.0 Å². The van der Waals surface area contributed by atoms with Gasteiger partial charge in [0.1, 0.15) is 12.2 Å². The topological polar surface area (TPSA) is 82.1 Å². The molecule has 0 atom stereocenters. The molecule has 1 fully saturated rings. The number of amides is 2. The number of carbonyl (C=O) groups excluding carboxylic acids is 3. The lowest BCUT2D eigenvalue weighted by Crippen LogP contribution is -2.33. The van der Waals surface area contributed by atoms with Gasteiger partial charge in [0, 0.05) is 24.3 Å². The molecule has 0 aromatic heterocycles. The summed E-state index contributed by atoms with van der Waals surface area (Å²) >= 11 is 0. The second-order valence-electron chi connectivity index (χ2n) is 8.04. The molecule has 1 aliphatic rings. The molecule has 0 unspecified atom stereocenters. The van der Waals surface area contributed by atoms with E-state index in [2.05, 4.69) is 41.2 Å².